The summed E-state index contributed by atoms with van der Waals surface area (Å²) < 4.78 is 40.3. The maximum atomic E-state index is 12.2. The Morgan fingerprint density at radius 1 is 1.37 bits per heavy atom. The van der Waals surface area contributed by atoms with Crippen molar-refractivity contribution in [2.75, 3.05) is 0 Å². The second kappa shape index (κ2) is 4.99. The summed E-state index contributed by atoms with van der Waals surface area (Å²) in [5.74, 6) is 0. The smallest absolute Gasteiger partial charge is 0.328 e. The molecule has 0 aliphatic rings. The van der Waals surface area contributed by atoms with Gasteiger partial charge in [0.2, 0.25) is 0 Å². The van der Waals surface area contributed by atoms with Crippen molar-refractivity contribution >= 4 is 23.4 Å². The van der Waals surface area contributed by atoms with Gasteiger partial charge in [0.15, 0.2) is 10.4 Å². The minimum atomic E-state index is -4.13. The second-order valence-corrected chi connectivity index (χ2v) is 4.81. The molecular weight excluding hydrogens is 277 g/mol. The molecule has 0 atom stereocenters. The molecule has 0 bridgehead atoms. The van der Waals surface area contributed by atoms with Crippen molar-refractivity contribution in [1.29, 1.82) is 0 Å². The molecule has 0 aliphatic heterocycles. The molecule has 106 valence electrons. The molecule has 1 N–H and O–H groups in total. The minimum absolute atomic E-state index is 0.0113. The van der Waals surface area contributed by atoms with Gasteiger partial charge in [0.05, 0.1) is 5.69 Å². The van der Waals surface area contributed by atoms with Gasteiger partial charge >= 0.3 is 6.18 Å². The summed E-state index contributed by atoms with van der Waals surface area (Å²) in [4.78, 5) is 3.03. The van der Waals surface area contributed by atoms with Crippen molar-refractivity contribution in [3.63, 3.8) is 0 Å². The van der Waals surface area contributed by atoms with Crippen LogP contribution in [0.15, 0.2) is 0 Å². The average Bonchev–Trinajstić information content (AvgIpc) is 2.76. The molecule has 0 aliphatic carbocycles. The van der Waals surface area contributed by atoms with Gasteiger partial charge in [0, 0.05) is 20.0 Å². The number of hydrogen-bond acceptors (Lipinski definition) is 2. The molecule has 2 aromatic rings. The Kier molecular flexibility index (Phi) is 3.71. The van der Waals surface area contributed by atoms with E-state index in [-0.39, 0.29) is 13.0 Å². The first kappa shape index (κ1) is 14.1. The van der Waals surface area contributed by atoms with Crippen LogP contribution in [0.1, 0.15) is 25.5 Å². The Morgan fingerprint density at radius 3 is 2.63 bits per heavy atom. The molecule has 2 aromatic heterocycles. The standard InChI is InChI=1S/C11H15F3N4S/c1-3-7-8-9(17(2)16-7)18(10(19)15-8)6-4-5-11(12,13)14/h3-6H2,1-2H3,(H,15,19). The van der Waals surface area contributed by atoms with Crippen LogP contribution in [-0.4, -0.2) is 25.5 Å². The maximum Gasteiger partial charge on any atom is 0.389 e. The SMILES string of the molecule is CCc1nn(C)c2c1[nH]c(=S)n2CCCC(F)(F)F. The van der Waals surface area contributed by atoms with Gasteiger partial charge in [-0.15, -0.1) is 0 Å². The fourth-order valence-corrected chi connectivity index (χ4v) is 2.45. The number of hydrogen-bond donors (Lipinski definition) is 1. The zero-order chi connectivity index (χ0) is 14.2. The number of aromatic nitrogens is 4. The molecule has 0 aromatic carbocycles. The van der Waals surface area contributed by atoms with Crippen LogP contribution in [-0.2, 0) is 20.0 Å². The molecule has 0 radical (unpaired) electrons. The summed E-state index contributed by atoms with van der Waals surface area (Å²) in [5.41, 5.74) is 2.45. The van der Waals surface area contributed by atoms with E-state index in [2.05, 4.69) is 10.1 Å². The third-order valence-corrected chi connectivity index (χ3v) is 3.32. The van der Waals surface area contributed by atoms with Gasteiger partial charge in [-0.2, -0.15) is 18.3 Å². The molecule has 2 rings (SSSR count). The van der Waals surface area contributed by atoms with E-state index >= 15 is 0 Å². The fourth-order valence-electron chi connectivity index (χ4n) is 2.17. The Morgan fingerprint density at radius 2 is 2.05 bits per heavy atom. The Balaban J connectivity index is 2.30. The van der Waals surface area contributed by atoms with Gasteiger partial charge in [0.25, 0.3) is 0 Å². The number of aryl methyl sites for hydroxylation is 3. The molecular formula is C11H15F3N4S. The van der Waals surface area contributed by atoms with Gasteiger partial charge < -0.3 is 9.55 Å². The first-order valence-corrected chi connectivity index (χ1v) is 6.45. The molecule has 0 spiro atoms. The summed E-state index contributed by atoms with van der Waals surface area (Å²) in [6.07, 6.45) is -4.18. The van der Waals surface area contributed by atoms with Crippen LogP contribution < -0.4 is 0 Å². The summed E-state index contributed by atoms with van der Waals surface area (Å²) in [6.45, 7) is 2.21. The Hall–Kier alpha value is -1.31. The molecule has 8 heteroatoms. The lowest BCUT2D eigenvalue weighted by atomic mass is 10.3. The topological polar surface area (TPSA) is 38.5 Å². The third kappa shape index (κ3) is 2.83. The van der Waals surface area contributed by atoms with E-state index in [1.54, 1.807) is 16.3 Å². The van der Waals surface area contributed by atoms with Crippen LogP contribution in [0.3, 0.4) is 0 Å². The van der Waals surface area contributed by atoms with E-state index in [1.807, 2.05) is 6.92 Å². The van der Waals surface area contributed by atoms with Gasteiger partial charge in [-0.3, -0.25) is 4.68 Å². The maximum absolute atomic E-state index is 12.2. The molecule has 19 heavy (non-hydrogen) atoms. The lowest BCUT2D eigenvalue weighted by molar-refractivity contribution is -0.135. The van der Waals surface area contributed by atoms with E-state index in [0.717, 1.165) is 23.3 Å². The summed E-state index contributed by atoms with van der Waals surface area (Å²) in [5, 5.41) is 4.32. The molecule has 0 fully saturated rings. The summed E-state index contributed by atoms with van der Waals surface area (Å²) in [7, 11) is 1.77. The van der Waals surface area contributed by atoms with Crippen LogP contribution in [0, 0.1) is 4.77 Å². The first-order valence-electron chi connectivity index (χ1n) is 6.04. The molecule has 2 heterocycles. The van der Waals surface area contributed by atoms with Gasteiger partial charge in [0.1, 0.15) is 5.52 Å². The molecule has 0 unspecified atom stereocenters. The minimum Gasteiger partial charge on any atom is -0.328 e. The largest absolute Gasteiger partial charge is 0.389 e. The van der Waals surface area contributed by atoms with E-state index in [0.29, 0.717) is 4.77 Å². The Labute approximate surface area is 113 Å². The van der Waals surface area contributed by atoms with Crippen molar-refractivity contribution in [3.8, 4) is 0 Å². The van der Waals surface area contributed by atoms with Crippen LogP contribution in [0.4, 0.5) is 13.2 Å². The van der Waals surface area contributed by atoms with E-state index in [1.165, 1.54) is 0 Å². The third-order valence-electron chi connectivity index (χ3n) is 3.00. The predicted octanol–water partition coefficient (Wildman–Crippen LogP) is 3.34. The lowest BCUT2D eigenvalue weighted by Crippen LogP contribution is -2.10. The molecule has 0 saturated heterocycles. The number of rotatable bonds is 4. The van der Waals surface area contributed by atoms with Crippen molar-refractivity contribution in [1.82, 2.24) is 19.3 Å². The van der Waals surface area contributed by atoms with Crippen molar-refractivity contribution in [2.24, 2.45) is 7.05 Å². The van der Waals surface area contributed by atoms with Crippen molar-refractivity contribution < 1.29 is 13.2 Å². The van der Waals surface area contributed by atoms with Crippen LogP contribution in [0.2, 0.25) is 0 Å². The number of nitrogens with zero attached hydrogens (tertiary/aromatic N) is 3. The molecule has 4 nitrogen and oxygen atoms in total. The molecule has 0 amide bonds. The highest BCUT2D eigenvalue weighted by molar-refractivity contribution is 7.71. The average molecular weight is 292 g/mol. The van der Waals surface area contributed by atoms with Gasteiger partial charge in [-0.25, -0.2) is 0 Å². The lowest BCUT2D eigenvalue weighted by Gasteiger charge is -2.07. The number of aromatic amines is 1. The number of H-pyrrole nitrogens is 1. The summed E-state index contributed by atoms with van der Waals surface area (Å²) in [6, 6.07) is 0. The highest BCUT2D eigenvalue weighted by atomic mass is 32.1. The number of fused-ring (bicyclic) bond motifs is 1. The zero-order valence-electron chi connectivity index (χ0n) is 10.7. The Bertz CT molecular complexity index is 635. The summed E-state index contributed by atoms with van der Waals surface area (Å²) >= 11 is 5.17. The van der Waals surface area contributed by atoms with E-state index in [4.69, 9.17) is 12.2 Å². The number of halogens is 3. The molecule has 0 saturated carbocycles. The van der Waals surface area contributed by atoms with Crippen LogP contribution >= 0.6 is 12.2 Å². The van der Waals surface area contributed by atoms with Crippen LogP contribution in [0.25, 0.3) is 11.2 Å². The van der Waals surface area contributed by atoms with Gasteiger partial charge in [-0.1, -0.05) is 6.92 Å². The monoisotopic (exact) mass is 292 g/mol. The second-order valence-electron chi connectivity index (χ2n) is 4.42. The van der Waals surface area contributed by atoms with Crippen molar-refractivity contribution in [3.05, 3.63) is 10.5 Å². The zero-order valence-corrected chi connectivity index (χ0v) is 11.5. The number of nitrogens with one attached hydrogen (secondary N) is 1. The highest BCUT2D eigenvalue weighted by Gasteiger charge is 2.26. The van der Waals surface area contributed by atoms with Crippen LogP contribution in [0.5, 0.6) is 0 Å². The highest BCUT2D eigenvalue weighted by Crippen LogP contribution is 2.23. The van der Waals surface area contributed by atoms with Crippen molar-refractivity contribution in [2.45, 2.75) is 38.9 Å². The number of imidazole rings is 1. The van der Waals surface area contributed by atoms with E-state index < -0.39 is 12.6 Å². The fraction of sp³-hybridized carbons (Fsp3) is 0.636. The number of alkyl halides is 3. The quantitative estimate of drug-likeness (QED) is 0.878. The van der Waals surface area contributed by atoms with Gasteiger partial charge in [-0.05, 0) is 25.1 Å². The predicted molar refractivity (Wildman–Crippen MR) is 68.6 cm³/mol. The van der Waals surface area contributed by atoms with E-state index in [9.17, 15) is 13.2 Å². The normalized spacial score (nSPS) is 12.5. The first-order chi connectivity index (χ1) is 8.83.